The second-order valence-corrected chi connectivity index (χ2v) is 7.49. The summed E-state index contributed by atoms with van der Waals surface area (Å²) in [5.41, 5.74) is 5.08. The van der Waals surface area contributed by atoms with Gasteiger partial charge in [0.05, 0.1) is 6.10 Å². The molecule has 1 aliphatic heterocycles. The molecule has 1 heterocycles. The second-order valence-electron chi connectivity index (χ2n) is 7.49. The zero-order valence-corrected chi connectivity index (χ0v) is 13.7. The van der Waals surface area contributed by atoms with Crippen molar-refractivity contribution in [1.82, 2.24) is 5.32 Å². The first-order chi connectivity index (χ1) is 9.68. The summed E-state index contributed by atoms with van der Waals surface area (Å²) >= 11 is 0. The number of nitrogens with two attached hydrogens (primary N) is 1. The molecule has 1 saturated carbocycles. The lowest BCUT2D eigenvalue weighted by Crippen LogP contribution is -2.54. The second kappa shape index (κ2) is 5.86. The summed E-state index contributed by atoms with van der Waals surface area (Å²) in [5, 5.41) is 13.4. The highest BCUT2D eigenvalue weighted by atomic mass is 16.5. The van der Waals surface area contributed by atoms with Crippen LogP contribution in [-0.4, -0.2) is 41.9 Å². The molecule has 2 aliphatic rings. The summed E-state index contributed by atoms with van der Waals surface area (Å²) < 4.78 is 5.40. The van der Waals surface area contributed by atoms with E-state index in [9.17, 15) is 9.90 Å². The van der Waals surface area contributed by atoms with Gasteiger partial charge in [-0.3, -0.25) is 4.79 Å². The van der Waals surface area contributed by atoms with Crippen molar-refractivity contribution in [2.45, 2.75) is 64.7 Å². The molecule has 1 saturated heterocycles. The largest absolute Gasteiger partial charge is 0.385 e. The number of ether oxygens (including phenoxy) is 1. The Morgan fingerprint density at radius 3 is 2.62 bits per heavy atom. The number of hydrogen-bond donors (Lipinski definition) is 3. The van der Waals surface area contributed by atoms with E-state index in [-0.39, 0.29) is 35.9 Å². The normalized spacial score (nSPS) is 42.8. The standard InChI is InChI=1S/C16H30N2O3/c1-10-13(17)6-5-12(15(10,3)4)14(19)18-9-16(20)7-8-21-11(16)2/h10-13,20H,5-9,17H2,1-4H3,(H,18,19). The van der Waals surface area contributed by atoms with Crippen molar-refractivity contribution in [1.29, 1.82) is 0 Å². The number of nitrogens with one attached hydrogen (secondary N) is 1. The van der Waals surface area contributed by atoms with Crippen LogP contribution >= 0.6 is 0 Å². The molecule has 122 valence electrons. The molecule has 1 aliphatic carbocycles. The average molecular weight is 298 g/mol. The van der Waals surface area contributed by atoms with E-state index in [2.05, 4.69) is 26.1 Å². The summed E-state index contributed by atoms with van der Waals surface area (Å²) in [5.74, 6) is 0.290. The molecule has 4 N–H and O–H groups in total. The monoisotopic (exact) mass is 298 g/mol. The van der Waals surface area contributed by atoms with Gasteiger partial charge in [0.15, 0.2) is 0 Å². The number of carbonyl (C=O) groups excluding carboxylic acids is 1. The van der Waals surface area contributed by atoms with E-state index in [4.69, 9.17) is 10.5 Å². The van der Waals surface area contributed by atoms with Gasteiger partial charge in [-0.05, 0) is 31.1 Å². The molecule has 0 spiro atoms. The molecule has 5 atom stereocenters. The predicted molar refractivity (Wildman–Crippen MR) is 81.6 cm³/mol. The van der Waals surface area contributed by atoms with Crippen LogP contribution in [0.25, 0.3) is 0 Å². The molecule has 2 rings (SSSR count). The smallest absolute Gasteiger partial charge is 0.223 e. The fourth-order valence-electron chi connectivity index (χ4n) is 3.69. The summed E-state index contributed by atoms with van der Waals surface area (Å²) in [6.45, 7) is 9.04. The van der Waals surface area contributed by atoms with Crippen LogP contribution in [0, 0.1) is 17.3 Å². The lowest BCUT2D eigenvalue weighted by Gasteiger charge is -2.46. The number of amides is 1. The highest BCUT2D eigenvalue weighted by Gasteiger charge is 2.46. The molecular weight excluding hydrogens is 268 g/mol. The van der Waals surface area contributed by atoms with E-state index >= 15 is 0 Å². The predicted octanol–water partition coefficient (Wildman–Crippen LogP) is 1.04. The SMILES string of the molecule is CC1OCCC1(O)CNC(=O)C1CCC(N)C(C)C1(C)C. The lowest BCUT2D eigenvalue weighted by molar-refractivity contribution is -0.134. The molecule has 0 aromatic carbocycles. The van der Waals surface area contributed by atoms with Gasteiger partial charge in [0.25, 0.3) is 0 Å². The zero-order valence-electron chi connectivity index (χ0n) is 13.7. The van der Waals surface area contributed by atoms with Crippen molar-refractivity contribution < 1.29 is 14.6 Å². The van der Waals surface area contributed by atoms with Gasteiger partial charge in [-0.2, -0.15) is 0 Å². The lowest BCUT2D eigenvalue weighted by atomic mass is 9.61. The van der Waals surface area contributed by atoms with Crippen LogP contribution < -0.4 is 11.1 Å². The zero-order chi connectivity index (χ0) is 15.8. The van der Waals surface area contributed by atoms with Crippen molar-refractivity contribution >= 4 is 5.91 Å². The average Bonchev–Trinajstić information content (AvgIpc) is 2.74. The summed E-state index contributed by atoms with van der Waals surface area (Å²) in [6.07, 6.45) is 2.04. The quantitative estimate of drug-likeness (QED) is 0.727. The molecule has 0 aromatic heterocycles. The molecule has 5 heteroatoms. The van der Waals surface area contributed by atoms with Gasteiger partial charge in [-0.15, -0.1) is 0 Å². The topological polar surface area (TPSA) is 84.6 Å². The van der Waals surface area contributed by atoms with Gasteiger partial charge in [-0.25, -0.2) is 0 Å². The Bertz CT molecular complexity index is 399. The van der Waals surface area contributed by atoms with Gasteiger partial charge >= 0.3 is 0 Å². The first kappa shape index (κ1) is 16.7. The van der Waals surface area contributed by atoms with Crippen LogP contribution in [0.1, 0.15) is 47.0 Å². The minimum Gasteiger partial charge on any atom is -0.385 e. The van der Waals surface area contributed by atoms with E-state index in [0.29, 0.717) is 18.9 Å². The summed E-state index contributed by atoms with van der Waals surface area (Å²) in [6, 6.07) is 0.163. The van der Waals surface area contributed by atoms with Gasteiger partial charge < -0.3 is 20.9 Å². The van der Waals surface area contributed by atoms with E-state index in [1.54, 1.807) is 0 Å². The molecular formula is C16H30N2O3. The van der Waals surface area contributed by atoms with E-state index in [0.717, 1.165) is 12.8 Å². The molecule has 0 radical (unpaired) electrons. The van der Waals surface area contributed by atoms with Gasteiger partial charge in [0.1, 0.15) is 5.60 Å². The first-order valence-corrected chi connectivity index (χ1v) is 8.06. The Hall–Kier alpha value is -0.650. The van der Waals surface area contributed by atoms with Crippen molar-refractivity contribution in [3.63, 3.8) is 0 Å². The number of aliphatic hydroxyl groups is 1. The molecule has 1 amide bonds. The van der Waals surface area contributed by atoms with E-state index in [1.807, 2.05) is 6.92 Å². The highest BCUT2D eigenvalue weighted by Crippen LogP contribution is 2.44. The minimum absolute atomic E-state index is 0.0336. The van der Waals surface area contributed by atoms with Crippen LogP contribution in [0.5, 0.6) is 0 Å². The Balaban J connectivity index is 1.97. The molecule has 5 nitrogen and oxygen atoms in total. The fraction of sp³-hybridized carbons (Fsp3) is 0.938. The Morgan fingerprint density at radius 2 is 2.05 bits per heavy atom. The Kier molecular flexibility index (Phi) is 4.66. The molecule has 5 unspecified atom stereocenters. The maximum atomic E-state index is 12.6. The van der Waals surface area contributed by atoms with Crippen LogP contribution in [-0.2, 0) is 9.53 Å². The van der Waals surface area contributed by atoms with Crippen LogP contribution in [0.15, 0.2) is 0 Å². The molecule has 0 bridgehead atoms. The fourth-order valence-corrected chi connectivity index (χ4v) is 3.69. The molecule has 0 aromatic rings. The maximum absolute atomic E-state index is 12.6. The highest BCUT2D eigenvalue weighted by molar-refractivity contribution is 5.79. The van der Waals surface area contributed by atoms with Gasteiger partial charge in [0, 0.05) is 31.5 Å². The molecule has 2 fully saturated rings. The maximum Gasteiger partial charge on any atom is 0.223 e. The van der Waals surface area contributed by atoms with Crippen LogP contribution in [0.4, 0.5) is 0 Å². The van der Waals surface area contributed by atoms with Crippen molar-refractivity contribution in [2.75, 3.05) is 13.2 Å². The Labute approximate surface area is 127 Å². The first-order valence-electron chi connectivity index (χ1n) is 8.06. The van der Waals surface area contributed by atoms with Crippen molar-refractivity contribution in [2.24, 2.45) is 23.0 Å². The van der Waals surface area contributed by atoms with Gasteiger partial charge in [0.2, 0.25) is 5.91 Å². The Morgan fingerprint density at radius 1 is 1.38 bits per heavy atom. The minimum atomic E-state index is -0.934. The van der Waals surface area contributed by atoms with Crippen molar-refractivity contribution in [3.8, 4) is 0 Å². The third-order valence-corrected chi connectivity index (χ3v) is 6.05. The van der Waals surface area contributed by atoms with Crippen LogP contribution in [0.2, 0.25) is 0 Å². The number of rotatable bonds is 3. The third kappa shape index (κ3) is 3.10. The van der Waals surface area contributed by atoms with Gasteiger partial charge in [-0.1, -0.05) is 20.8 Å². The number of carbonyl (C=O) groups is 1. The summed E-state index contributed by atoms with van der Waals surface area (Å²) in [7, 11) is 0. The summed E-state index contributed by atoms with van der Waals surface area (Å²) in [4.78, 5) is 12.6. The third-order valence-electron chi connectivity index (χ3n) is 6.05. The van der Waals surface area contributed by atoms with E-state index < -0.39 is 5.60 Å². The van der Waals surface area contributed by atoms with Crippen molar-refractivity contribution in [3.05, 3.63) is 0 Å². The van der Waals surface area contributed by atoms with Crippen LogP contribution in [0.3, 0.4) is 0 Å². The molecule has 21 heavy (non-hydrogen) atoms. The number of hydrogen-bond acceptors (Lipinski definition) is 4. The van der Waals surface area contributed by atoms with E-state index in [1.165, 1.54) is 0 Å².